The summed E-state index contributed by atoms with van der Waals surface area (Å²) in [6.45, 7) is 13.8. The molecule has 0 heterocycles. The van der Waals surface area contributed by atoms with Crippen molar-refractivity contribution in [2.24, 2.45) is 17.8 Å². The molecule has 2 nitrogen and oxygen atoms in total. The topological polar surface area (TPSA) is 24.1 Å². The molecule has 2 N–H and O–H groups in total. The van der Waals surface area contributed by atoms with Gasteiger partial charge in [0.2, 0.25) is 0 Å². The predicted octanol–water partition coefficient (Wildman–Crippen LogP) is 3.57. The van der Waals surface area contributed by atoms with Crippen LogP contribution in [0.5, 0.6) is 0 Å². The summed E-state index contributed by atoms with van der Waals surface area (Å²) in [5.41, 5.74) is 0.271. The minimum absolute atomic E-state index is 0.271. The van der Waals surface area contributed by atoms with Crippen molar-refractivity contribution in [2.45, 2.75) is 90.9 Å². The molecule has 0 aliphatic heterocycles. The molecule has 0 spiro atoms. The maximum absolute atomic E-state index is 3.85. The van der Waals surface area contributed by atoms with Crippen LogP contribution in [0.3, 0.4) is 0 Å². The Morgan fingerprint density at radius 3 is 1.74 bits per heavy atom. The Morgan fingerprint density at radius 1 is 0.842 bits per heavy atom. The van der Waals surface area contributed by atoms with Gasteiger partial charge in [-0.1, -0.05) is 13.8 Å². The molecule has 112 valence electrons. The van der Waals surface area contributed by atoms with Crippen LogP contribution < -0.4 is 10.6 Å². The standard InChI is InChI=1S/C17H34N2/c1-11(2)12(3)18-15-7-13-9-16(10-14(13)8-15)19-17(4,5)6/h11-16,18-19H,7-10H2,1-6H3. The lowest BCUT2D eigenvalue weighted by Crippen LogP contribution is -2.43. The molecule has 0 aromatic carbocycles. The Kier molecular flexibility index (Phi) is 4.62. The third-order valence-corrected chi connectivity index (χ3v) is 5.15. The van der Waals surface area contributed by atoms with Crippen LogP contribution in [-0.4, -0.2) is 23.7 Å². The molecular formula is C17H34N2. The van der Waals surface area contributed by atoms with Gasteiger partial charge in [-0.2, -0.15) is 0 Å². The summed E-state index contributed by atoms with van der Waals surface area (Å²) < 4.78 is 0. The Labute approximate surface area is 120 Å². The van der Waals surface area contributed by atoms with Gasteiger partial charge in [0, 0.05) is 23.7 Å². The molecule has 2 aliphatic carbocycles. The average Bonchev–Trinajstić information content (AvgIpc) is 2.71. The van der Waals surface area contributed by atoms with Gasteiger partial charge in [0.1, 0.15) is 0 Å². The first-order valence-electron chi connectivity index (χ1n) is 8.28. The summed E-state index contributed by atoms with van der Waals surface area (Å²) in [7, 11) is 0. The van der Waals surface area contributed by atoms with Gasteiger partial charge in [-0.25, -0.2) is 0 Å². The fourth-order valence-corrected chi connectivity index (χ4v) is 4.05. The van der Waals surface area contributed by atoms with Crippen molar-refractivity contribution < 1.29 is 0 Å². The smallest absolute Gasteiger partial charge is 0.00991 e. The molecule has 0 aromatic rings. The normalized spacial score (nSPS) is 36.8. The zero-order chi connectivity index (χ0) is 14.2. The van der Waals surface area contributed by atoms with Gasteiger partial charge in [0.25, 0.3) is 0 Å². The van der Waals surface area contributed by atoms with Gasteiger partial charge < -0.3 is 10.6 Å². The fraction of sp³-hybridized carbons (Fsp3) is 1.00. The van der Waals surface area contributed by atoms with Crippen molar-refractivity contribution in [3.63, 3.8) is 0 Å². The van der Waals surface area contributed by atoms with Gasteiger partial charge in [0.15, 0.2) is 0 Å². The van der Waals surface area contributed by atoms with Crippen molar-refractivity contribution in [3.05, 3.63) is 0 Å². The molecule has 2 fully saturated rings. The SMILES string of the molecule is CC(C)C(C)NC1CC2CC(NC(C)(C)C)CC2C1. The molecule has 0 amide bonds. The van der Waals surface area contributed by atoms with Gasteiger partial charge in [-0.05, 0) is 71.1 Å². The summed E-state index contributed by atoms with van der Waals surface area (Å²) in [5, 5.41) is 7.65. The monoisotopic (exact) mass is 266 g/mol. The predicted molar refractivity (Wildman–Crippen MR) is 83.3 cm³/mol. The minimum Gasteiger partial charge on any atom is -0.311 e. The molecule has 0 radical (unpaired) electrons. The molecule has 0 bridgehead atoms. The lowest BCUT2D eigenvalue weighted by molar-refractivity contribution is 0.326. The maximum atomic E-state index is 3.85. The molecule has 3 unspecified atom stereocenters. The zero-order valence-corrected chi connectivity index (χ0v) is 13.8. The van der Waals surface area contributed by atoms with Crippen LogP contribution in [-0.2, 0) is 0 Å². The molecule has 2 aliphatic rings. The lowest BCUT2D eigenvalue weighted by atomic mass is 10.0. The number of hydrogen-bond donors (Lipinski definition) is 2. The zero-order valence-electron chi connectivity index (χ0n) is 13.8. The number of hydrogen-bond acceptors (Lipinski definition) is 2. The van der Waals surface area contributed by atoms with Crippen LogP contribution in [0, 0.1) is 17.8 Å². The second kappa shape index (κ2) is 5.73. The van der Waals surface area contributed by atoms with E-state index in [2.05, 4.69) is 52.2 Å². The highest BCUT2D eigenvalue weighted by atomic mass is 15.0. The van der Waals surface area contributed by atoms with Crippen LogP contribution in [0.4, 0.5) is 0 Å². The van der Waals surface area contributed by atoms with Crippen LogP contribution in [0.15, 0.2) is 0 Å². The van der Waals surface area contributed by atoms with Gasteiger partial charge in [-0.3, -0.25) is 0 Å². The lowest BCUT2D eigenvalue weighted by Gasteiger charge is -2.27. The second-order valence-electron chi connectivity index (χ2n) is 8.45. The van der Waals surface area contributed by atoms with E-state index >= 15 is 0 Å². The molecule has 0 aromatic heterocycles. The first-order chi connectivity index (χ1) is 8.74. The van der Waals surface area contributed by atoms with E-state index in [-0.39, 0.29) is 5.54 Å². The van der Waals surface area contributed by atoms with Crippen molar-refractivity contribution >= 4 is 0 Å². The van der Waals surface area contributed by atoms with Crippen molar-refractivity contribution in [3.8, 4) is 0 Å². The third kappa shape index (κ3) is 4.19. The Morgan fingerprint density at radius 2 is 1.32 bits per heavy atom. The van der Waals surface area contributed by atoms with E-state index in [0.29, 0.717) is 6.04 Å². The molecule has 2 heteroatoms. The second-order valence-corrected chi connectivity index (χ2v) is 8.45. The summed E-state index contributed by atoms with van der Waals surface area (Å²) in [4.78, 5) is 0. The van der Waals surface area contributed by atoms with E-state index in [0.717, 1.165) is 29.8 Å². The largest absolute Gasteiger partial charge is 0.311 e. The quantitative estimate of drug-likeness (QED) is 0.813. The molecule has 0 saturated heterocycles. The molecular weight excluding hydrogens is 232 g/mol. The van der Waals surface area contributed by atoms with Crippen LogP contribution in [0.1, 0.15) is 67.2 Å². The highest BCUT2D eigenvalue weighted by Crippen LogP contribution is 2.44. The average molecular weight is 266 g/mol. The van der Waals surface area contributed by atoms with E-state index in [1.165, 1.54) is 25.7 Å². The van der Waals surface area contributed by atoms with E-state index in [4.69, 9.17) is 0 Å². The van der Waals surface area contributed by atoms with Crippen LogP contribution in [0.25, 0.3) is 0 Å². The highest BCUT2D eigenvalue weighted by Gasteiger charge is 2.42. The molecule has 19 heavy (non-hydrogen) atoms. The van der Waals surface area contributed by atoms with Gasteiger partial charge in [-0.15, -0.1) is 0 Å². The van der Waals surface area contributed by atoms with Crippen LogP contribution in [0.2, 0.25) is 0 Å². The van der Waals surface area contributed by atoms with Crippen LogP contribution >= 0.6 is 0 Å². The fourth-order valence-electron chi connectivity index (χ4n) is 4.05. The first kappa shape index (κ1) is 15.3. The van der Waals surface area contributed by atoms with E-state index in [9.17, 15) is 0 Å². The highest BCUT2D eigenvalue weighted by molar-refractivity contribution is 4.98. The Balaban J connectivity index is 1.78. The van der Waals surface area contributed by atoms with Crippen molar-refractivity contribution in [1.82, 2.24) is 10.6 Å². The van der Waals surface area contributed by atoms with Crippen molar-refractivity contribution in [2.75, 3.05) is 0 Å². The van der Waals surface area contributed by atoms with E-state index in [1.807, 2.05) is 0 Å². The van der Waals surface area contributed by atoms with E-state index < -0.39 is 0 Å². The molecule has 2 rings (SSSR count). The molecule has 3 atom stereocenters. The van der Waals surface area contributed by atoms with E-state index in [1.54, 1.807) is 0 Å². The minimum atomic E-state index is 0.271. The Hall–Kier alpha value is -0.0800. The number of nitrogens with one attached hydrogen (secondary N) is 2. The first-order valence-corrected chi connectivity index (χ1v) is 8.28. The van der Waals surface area contributed by atoms with Gasteiger partial charge >= 0.3 is 0 Å². The number of rotatable bonds is 4. The summed E-state index contributed by atoms with van der Waals surface area (Å²) in [5.74, 6) is 2.68. The summed E-state index contributed by atoms with van der Waals surface area (Å²) in [6.07, 6.45) is 5.61. The Bertz CT molecular complexity index is 278. The van der Waals surface area contributed by atoms with Gasteiger partial charge in [0.05, 0.1) is 0 Å². The third-order valence-electron chi connectivity index (χ3n) is 5.15. The van der Waals surface area contributed by atoms with Crippen molar-refractivity contribution in [1.29, 1.82) is 0 Å². The summed E-state index contributed by atoms with van der Waals surface area (Å²) >= 11 is 0. The number of fused-ring (bicyclic) bond motifs is 1. The summed E-state index contributed by atoms with van der Waals surface area (Å²) in [6, 6.07) is 2.20. The molecule has 2 saturated carbocycles. The maximum Gasteiger partial charge on any atom is 0.00991 e.